The molecule has 0 heterocycles. The van der Waals surface area contributed by atoms with Gasteiger partial charge in [0.05, 0.1) is 0 Å². The minimum atomic E-state index is 1.09. The molecule has 0 unspecified atom stereocenters. The Balaban J connectivity index is 1.86. The first-order chi connectivity index (χ1) is 13.2. The summed E-state index contributed by atoms with van der Waals surface area (Å²) in [5.74, 6) is 0. The van der Waals surface area contributed by atoms with Crippen molar-refractivity contribution in [3.8, 4) is 11.1 Å². The number of allylic oxidation sites excluding steroid dienone is 1. The third kappa shape index (κ3) is 2.53. The molecule has 0 aliphatic carbocycles. The van der Waals surface area contributed by atoms with E-state index in [-0.39, 0.29) is 0 Å². The van der Waals surface area contributed by atoms with Crippen LogP contribution in [0.15, 0.2) is 97.6 Å². The summed E-state index contributed by atoms with van der Waals surface area (Å²) in [4.78, 5) is 0. The average molecular weight is 344 g/mol. The van der Waals surface area contributed by atoms with Gasteiger partial charge >= 0.3 is 0 Å². The lowest BCUT2D eigenvalue weighted by atomic mass is 9.91. The molecule has 0 fully saturated rings. The van der Waals surface area contributed by atoms with E-state index in [9.17, 15) is 0 Å². The van der Waals surface area contributed by atoms with Gasteiger partial charge in [-0.25, -0.2) is 0 Å². The zero-order valence-electron chi connectivity index (χ0n) is 15.4. The molecule has 27 heavy (non-hydrogen) atoms. The van der Waals surface area contributed by atoms with Gasteiger partial charge in [-0.05, 0) is 68.1 Å². The van der Waals surface area contributed by atoms with Crippen LogP contribution in [0.5, 0.6) is 0 Å². The Morgan fingerprint density at radius 1 is 0.519 bits per heavy atom. The largest absolute Gasteiger partial charge is 0.0955 e. The summed E-state index contributed by atoms with van der Waals surface area (Å²) in [7, 11) is 0. The van der Waals surface area contributed by atoms with Crippen LogP contribution in [0.2, 0.25) is 0 Å². The molecule has 0 aliphatic heterocycles. The van der Waals surface area contributed by atoms with E-state index in [4.69, 9.17) is 0 Å². The average Bonchev–Trinajstić information content (AvgIpc) is 2.73. The van der Waals surface area contributed by atoms with Gasteiger partial charge in [0.1, 0.15) is 0 Å². The van der Waals surface area contributed by atoms with Crippen molar-refractivity contribution >= 4 is 37.9 Å². The first kappa shape index (κ1) is 15.8. The van der Waals surface area contributed by atoms with Crippen molar-refractivity contribution < 1.29 is 0 Å². The number of benzene rings is 5. The van der Waals surface area contributed by atoms with Crippen LogP contribution in [0.25, 0.3) is 49.0 Å². The van der Waals surface area contributed by atoms with E-state index in [1.807, 2.05) is 0 Å². The van der Waals surface area contributed by atoms with Gasteiger partial charge in [0.2, 0.25) is 0 Å². The van der Waals surface area contributed by atoms with Crippen LogP contribution in [-0.2, 0) is 0 Å². The van der Waals surface area contributed by atoms with Crippen LogP contribution >= 0.6 is 0 Å². The van der Waals surface area contributed by atoms with Gasteiger partial charge in [-0.2, -0.15) is 0 Å². The third-order valence-corrected chi connectivity index (χ3v) is 5.43. The van der Waals surface area contributed by atoms with Crippen molar-refractivity contribution in [3.05, 3.63) is 103 Å². The minimum absolute atomic E-state index is 1.09. The van der Waals surface area contributed by atoms with Gasteiger partial charge in [-0.1, -0.05) is 91.0 Å². The summed E-state index contributed by atoms with van der Waals surface area (Å²) in [6.07, 6.45) is 0. The lowest BCUT2D eigenvalue weighted by molar-refractivity contribution is 1.57. The van der Waals surface area contributed by atoms with Crippen LogP contribution in [0.4, 0.5) is 0 Å². The van der Waals surface area contributed by atoms with Crippen LogP contribution < -0.4 is 0 Å². The normalized spacial score (nSPS) is 11.3. The van der Waals surface area contributed by atoms with Crippen molar-refractivity contribution in [2.75, 3.05) is 0 Å². The lowest BCUT2D eigenvalue weighted by Crippen LogP contribution is -1.86. The first-order valence-electron chi connectivity index (χ1n) is 9.32. The summed E-state index contributed by atoms with van der Waals surface area (Å²) in [5, 5.41) is 7.87. The molecule has 5 aromatic carbocycles. The molecule has 0 aromatic heterocycles. The molecule has 5 rings (SSSR count). The molecule has 5 aromatic rings. The second-order valence-electron chi connectivity index (χ2n) is 7.21. The second kappa shape index (κ2) is 6.10. The monoisotopic (exact) mass is 344 g/mol. The molecule has 0 N–H and O–H groups in total. The van der Waals surface area contributed by atoms with Crippen LogP contribution in [0.3, 0.4) is 0 Å². The van der Waals surface area contributed by atoms with Gasteiger partial charge in [0.15, 0.2) is 0 Å². The summed E-state index contributed by atoms with van der Waals surface area (Å²) in [5.41, 5.74) is 4.76. The topological polar surface area (TPSA) is 0 Å². The molecule has 0 nitrogen and oxygen atoms in total. The van der Waals surface area contributed by atoms with Gasteiger partial charge in [-0.3, -0.25) is 0 Å². The number of hydrogen-bond acceptors (Lipinski definition) is 0. The quantitative estimate of drug-likeness (QED) is 0.286. The fraction of sp³-hybridized carbons (Fsp3) is 0.0370. The molecule has 0 amide bonds. The summed E-state index contributed by atoms with van der Waals surface area (Å²) < 4.78 is 0. The SMILES string of the molecule is C=C(C)c1cccc(-c2ccc3c4ccccc4c4ccccc4c3c2)c1. The highest BCUT2D eigenvalue weighted by atomic mass is 14.1. The summed E-state index contributed by atoms with van der Waals surface area (Å²) in [6.45, 7) is 6.14. The molecular weight excluding hydrogens is 324 g/mol. The zero-order chi connectivity index (χ0) is 18.4. The Kier molecular flexibility index (Phi) is 3.58. The molecule has 0 atom stereocenters. The van der Waals surface area contributed by atoms with Crippen molar-refractivity contribution in [1.82, 2.24) is 0 Å². The smallest absolute Gasteiger partial charge is 0.00928 e. The predicted molar refractivity (Wildman–Crippen MR) is 119 cm³/mol. The zero-order valence-corrected chi connectivity index (χ0v) is 15.4. The van der Waals surface area contributed by atoms with E-state index in [1.54, 1.807) is 0 Å². The summed E-state index contributed by atoms with van der Waals surface area (Å²) in [6, 6.07) is 32.9. The van der Waals surface area contributed by atoms with E-state index >= 15 is 0 Å². The van der Waals surface area contributed by atoms with E-state index in [0.717, 1.165) is 5.57 Å². The Labute approximate surface area is 159 Å². The van der Waals surface area contributed by atoms with Crippen molar-refractivity contribution in [3.63, 3.8) is 0 Å². The van der Waals surface area contributed by atoms with Crippen molar-refractivity contribution in [2.24, 2.45) is 0 Å². The molecular formula is C27H20. The van der Waals surface area contributed by atoms with E-state index in [2.05, 4.69) is 104 Å². The highest BCUT2D eigenvalue weighted by Crippen LogP contribution is 2.37. The minimum Gasteiger partial charge on any atom is -0.0955 e. The Hall–Kier alpha value is -3.38. The highest BCUT2D eigenvalue weighted by Gasteiger charge is 2.09. The fourth-order valence-corrected chi connectivity index (χ4v) is 4.05. The number of rotatable bonds is 2. The second-order valence-corrected chi connectivity index (χ2v) is 7.21. The Morgan fingerprint density at radius 3 is 1.63 bits per heavy atom. The van der Waals surface area contributed by atoms with E-state index in [0.29, 0.717) is 0 Å². The predicted octanol–water partition coefficient (Wildman–Crippen LogP) is 7.85. The maximum absolute atomic E-state index is 4.09. The van der Waals surface area contributed by atoms with Crippen LogP contribution in [0, 0.1) is 0 Å². The molecule has 0 heteroatoms. The van der Waals surface area contributed by atoms with Gasteiger partial charge in [-0.15, -0.1) is 0 Å². The van der Waals surface area contributed by atoms with Crippen LogP contribution in [0.1, 0.15) is 12.5 Å². The van der Waals surface area contributed by atoms with Crippen molar-refractivity contribution in [1.29, 1.82) is 0 Å². The Morgan fingerprint density at radius 2 is 1.04 bits per heavy atom. The maximum atomic E-state index is 4.09. The Bertz CT molecular complexity index is 1300. The van der Waals surface area contributed by atoms with E-state index < -0.39 is 0 Å². The lowest BCUT2D eigenvalue weighted by Gasteiger charge is -2.12. The number of fused-ring (bicyclic) bond motifs is 6. The first-order valence-corrected chi connectivity index (χ1v) is 9.32. The standard InChI is InChI=1S/C27H20/c1-18(2)19-8-7-9-20(16-19)21-14-15-26-24-12-4-3-10-22(24)23-11-5-6-13-25(23)27(26)17-21/h3-17H,1H2,2H3. The van der Waals surface area contributed by atoms with Gasteiger partial charge in [0.25, 0.3) is 0 Å². The van der Waals surface area contributed by atoms with E-state index in [1.165, 1.54) is 49.0 Å². The van der Waals surface area contributed by atoms with Gasteiger partial charge in [0, 0.05) is 0 Å². The fourth-order valence-electron chi connectivity index (χ4n) is 4.05. The third-order valence-electron chi connectivity index (χ3n) is 5.43. The molecule has 0 radical (unpaired) electrons. The molecule has 0 spiro atoms. The molecule has 0 bridgehead atoms. The number of hydrogen-bond donors (Lipinski definition) is 0. The molecule has 0 saturated heterocycles. The van der Waals surface area contributed by atoms with Crippen LogP contribution in [-0.4, -0.2) is 0 Å². The van der Waals surface area contributed by atoms with Gasteiger partial charge < -0.3 is 0 Å². The van der Waals surface area contributed by atoms with Crippen molar-refractivity contribution in [2.45, 2.75) is 6.92 Å². The molecule has 128 valence electrons. The summed E-state index contributed by atoms with van der Waals surface area (Å²) >= 11 is 0. The molecule has 0 aliphatic rings. The maximum Gasteiger partial charge on any atom is -0.00928 e. The highest BCUT2D eigenvalue weighted by molar-refractivity contribution is 6.25. The molecule has 0 saturated carbocycles.